The smallest absolute Gasteiger partial charge is 0.328 e. The Morgan fingerprint density at radius 2 is 2.38 bits per heavy atom. The number of benzene rings is 1. The Labute approximate surface area is 94.0 Å². The third-order valence-corrected chi connectivity index (χ3v) is 2.06. The molecule has 0 aliphatic heterocycles. The lowest BCUT2D eigenvalue weighted by Gasteiger charge is -2.16. The number of rotatable bonds is 4. The molecule has 4 heteroatoms. The number of likely N-dealkylation sites (N-methyl/N-ethyl adjacent to an activating group) is 1. The van der Waals surface area contributed by atoms with Gasteiger partial charge in [-0.1, -0.05) is 12.1 Å². The molecule has 16 heavy (non-hydrogen) atoms. The van der Waals surface area contributed by atoms with E-state index in [1.54, 1.807) is 24.3 Å². The molecule has 0 radical (unpaired) electrons. The van der Waals surface area contributed by atoms with Gasteiger partial charge in [-0.05, 0) is 18.2 Å². The van der Waals surface area contributed by atoms with E-state index in [-0.39, 0.29) is 0 Å². The number of hydrogen-bond donors (Lipinski definition) is 1. The maximum Gasteiger partial charge on any atom is 0.328 e. The number of hydrogen-bond acceptors (Lipinski definition) is 3. The second-order valence-electron chi connectivity index (χ2n) is 3.28. The van der Waals surface area contributed by atoms with Gasteiger partial charge in [0.2, 0.25) is 0 Å². The molecule has 0 aromatic heterocycles. The Kier molecular flexibility index (Phi) is 4.10. The van der Waals surface area contributed by atoms with Crippen LogP contribution in [0.25, 0.3) is 0 Å². The van der Waals surface area contributed by atoms with Crippen LogP contribution in [0.5, 0.6) is 0 Å². The molecule has 0 bridgehead atoms. The third-order valence-electron chi connectivity index (χ3n) is 2.06. The van der Waals surface area contributed by atoms with E-state index >= 15 is 0 Å². The topological polar surface area (TPSA) is 64.3 Å². The van der Waals surface area contributed by atoms with E-state index in [1.807, 2.05) is 18.0 Å². The van der Waals surface area contributed by atoms with Crippen LogP contribution in [0.1, 0.15) is 5.56 Å². The van der Waals surface area contributed by atoms with Crippen molar-refractivity contribution in [3.63, 3.8) is 0 Å². The Morgan fingerprint density at radius 1 is 1.62 bits per heavy atom. The summed E-state index contributed by atoms with van der Waals surface area (Å²) in [7, 11) is 1.84. The number of carbonyl (C=O) groups is 1. The van der Waals surface area contributed by atoms with Gasteiger partial charge in [-0.2, -0.15) is 5.26 Å². The first-order valence-corrected chi connectivity index (χ1v) is 4.74. The minimum atomic E-state index is -0.959. The molecule has 1 aromatic rings. The largest absolute Gasteiger partial charge is 0.478 e. The third kappa shape index (κ3) is 3.46. The van der Waals surface area contributed by atoms with Gasteiger partial charge in [0.15, 0.2) is 0 Å². The summed E-state index contributed by atoms with van der Waals surface area (Å²) in [6.45, 7) is 0.487. The van der Waals surface area contributed by atoms with Crippen LogP contribution >= 0.6 is 0 Å². The standard InChI is InChI=1S/C12H12N2O2/c1-14(7-3-6-12(15)16)11-5-2-4-10(8-11)9-13/h2-6,8H,7H2,1H3,(H,15,16)/b6-3+. The van der Waals surface area contributed by atoms with Crippen LogP contribution in [0.4, 0.5) is 5.69 Å². The van der Waals surface area contributed by atoms with E-state index in [4.69, 9.17) is 10.4 Å². The predicted molar refractivity (Wildman–Crippen MR) is 61.2 cm³/mol. The second kappa shape index (κ2) is 5.56. The highest BCUT2D eigenvalue weighted by atomic mass is 16.4. The number of nitrogens with zero attached hydrogens (tertiary/aromatic N) is 2. The molecule has 0 unspecified atom stereocenters. The molecule has 82 valence electrons. The fraction of sp³-hybridized carbons (Fsp3) is 0.167. The molecule has 1 rings (SSSR count). The normalized spacial score (nSPS) is 10.0. The van der Waals surface area contributed by atoms with E-state index in [9.17, 15) is 4.79 Å². The summed E-state index contributed by atoms with van der Waals surface area (Å²) in [5.41, 5.74) is 1.47. The summed E-state index contributed by atoms with van der Waals surface area (Å²) in [5.74, 6) is -0.959. The maximum absolute atomic E-state index is 10.3. The van der Waals surface area contributed by atoms with Gasteiger partial charge in [-0.3, -0.25) is 0 Å². The summed E-state index contributed by atoms with van der Waals surface area (Å²) >= 11 is 0. The zero-order valence-electron chi connectivity index (χ0n) is 8.92. The molecule has 0 aliphatic carbocycles. The highest BCUT2D eigenvalue weighted by molar-refractivity contribution is 5.79. The van der Waals surface area contributed by atoms with Crippen LogP contribution in [0.2, 0.25) is 0 Å². The monoisotopic (exact) mass is 216 g/mol. The van der Waals surface area contributed by atoms with Crippen molar-refractivity contribution in [3.05, 3.63) is 42.0 Å². The van der Waals surface area contributed by atoms with Crippen LogP contribution in [-0.4, -0.2) is 24.7 Å². The predicted octanol–water partition coefficient (Wildman–Crippen LogP) is 1.64. The van der Waals surface area contributed by atoms with Crippen molar-refractivity contribution in [1.82, 2.24) is 0 Å². The highest BCUT2D eigenvalue weighted by Gasteiger charge is 1.99. The fourth-order valence-electron chi connectivity index (χ4n) is 1.23. The highest BCUT2D eigenvalue weighted by Crippen LogP contribution is 2.13. The summed E-state index contributed by atoms with van der Waals surface area (Å²) < 4.78 is 0. The van der Waals surface area contributed by atoms with Crippen LogP contribution < -0.4 is 4.90 Å². The summed E-state index contributed by atoms with van der Waals surface area (Å²) in [6, 6.07) is 9.21. The van der Waals surface area contributed by atoms with Crippen LogP contribution in [0.3, 0.4) is 0 Å². The van der Waals surface area contributed by atoms with Gasteiger partial charge in [-0.15, -0.1) is 0 Å². The molecule has 0 heterocycles. The average molecular weight is 216 g/mol. The molecule has 4 nitrogen and oxygen atoms in total. The Morgan fingerprint density at radius 3 is 3.00 bits per heavy atom. The number of nitriles is 1. The molecule has 0 saturated heterocycles. The molecule has 0 atom stereocenters. The van der Waals surface area contributed by atoms with Crippen molar-refractivity contribution in [1.29, 1.82) is 5.26 Å². The van der Waals surface area contributed by atoms with Gasteiger partial charge in [0, 0.05) is 25.4 Å². The Bertz CT molecular complexity index is 447. The first kappa shape index (κ1) is 11.8. The first-order valence-electron chi connectivity index (χ1n) is 4.74. The lowest BCUT2D eigenvalue weighted by atomic mass is 10.2. The molecular formula is C12H12N2O2. The van der Waals surface area contributed by atoms with Gasteiger partial charge in [0.1, 0.15) is 0 Å². The van der Waals surface area contributed by atoms with Crippen molar-refractivity contribution in [2.75, 3.05) is 18.5 Å². The number of carboxylic acid groups (broad SMARTS) is 1. The number of anilines is 1. The van der Waals surface area contributed by atoms with Crippen molar-refractivity contribution in [2.45, 2.75) is 0 Å². The average Bonchev–Trinajstić information content (AvgIpc) is 2.28. The number of aliphatic carboxylic acids is 1. The van der Waals surface area contributed by atoms with Gasteiger partial charge in [0.05, 0.1) is 11.6 Å². The lowest BCUT2D eigenvalue weighted by Crippen LogP contribution is -2.16. The quantitative estimate of drug-likeness (QED) is 0.777. The van der Waals surface area contributed by atoms with Gasteiger partial charge in [-0.25, -0.2) is 4.79 Å². The summed E-state index contributed by atoms with van der Waals surface area (Å²) in [4.78, 5) is 12.1. The summed E-state index contributed by atoms with van der Waals surface area (Å²) in [6.07, 6.45) is 2.66. The zero-order chi connectivity index (χ0) is 12.0. The van der Waals surface area contributed by atoms with E-state index in [2.05, 4.69) is 6.07 Å². The van der Waals surface area contributed by atoms with Crippen molar-refractivity contribution >= 4 is 11.7 Å². The van der Waals surface area contributed by atoms with E-state index in [0.717, 1.165) is 11.8 Å². The molecular weight excluding hydrogens is 204 g/mol. The molecule has 0 spiro atoms. The second-order valence-corrected chi connectivity index (χ2v) is 3.28. The minimum absolute atomic E-state index is 0.487. The van der Waals surface area contributed by atoms with Crippen molar-refractivity contribution in [2.24, 2.45) is 0 Å². The lowest BCUT2D eigenvalue weighted by molar-refractivity contribution is -0.131. The Balaban J connectivity index is 2.69. The van der Waals surface area contributed by atoms with Crippen molar-refractivity contribution in [3.8, 4) is 6.07 Å². The SMILES string of the molecule is CN(C/C=C/C(=O)O)c1cccc(C#N)c1. The fourth-order valence-corrected chi connectivity index (χ4v) is 1.23. The van der Waals surface area contributed by atoms with E-state index in [0.29, 0.717) is 12.1 Å². The number of carboxylic acids is 1. The molecule has 0 aliphatic rings. The van der Waals surface area contributed by atoms with Gasteiger partial charge in [0.25, 0.3) is 0 Å². The summed E-state index contributed by atoms with van der Waals surface area (Å²) in [5, 5.41) is 17.2. The first-order chi connectivity index (χ1) is 7.63. The molecule has 0 fully saturated rings. The van der Waals surface area contributed by atoms with E-state index in [1.165, 1.54) is 0 Å². The maximum atomic E-state index is 10.3. The van der Waals surface area contributed by atoms with Crippen molar-refractivity contribution < 1.29 is 9.90 Å². The molecule has 0 saturated carbocycles. The molecule has 0 amide bonds. The zero-order valence-corrected chi connectivity index (χ0v) is 8.92. The van der Waals surface area contributed by atoms with Crippen LogP contribution in [0, 0.1) is 11.3 Å². The molecule has 1 N–H and O–H groups in total. The van der Waals surface area contributed by atoms with E-state index < -0.39 is 5.97 Å². The van der Waals surface area contributed by atoms with Crippen LogP contribution in [0.15, 0.2) is 36.4 Å². The Hall–Kier alpha value is -2.28. The molecule has 1 aromatic carbocycles. The van der Waals surface area contributed by atoms with Gasteiger partial charge >= 0.3 is 5.97 Å². The van der Waals surface area contributed by atoms with Gasteiger partial charge < -0.3 is 10.0 Å². The minimum Gasteiger partial charge on any atom is -0.478 e. The van der Waals surface area contributed by atoms with Crippen LogP contribution in [-0.2, 0) is 4.79 Å².